The van der Waals surface area contributed by atoms with Crippen molar-refractivity contribution in [2.24, 2.45) is 0 Å². The number of carbonyl (C=O) groups is 1. The molecule has 21 heavy (non-hydrogen) atoms. The van der Waals surface area contributed by atoms with E-state index in [1.807, 2.05) is 0 Å². The minimum atomic E-state index is -4.37. The number of piperidine rings is 1. The van der Waals surface area contributed by atoms with Gasteiger partial charge in [0.15, 0.2) is 0 Å². The Hall–Kier alpha value is -1.56. The van der Waals surface area contributed by atoms with Gasteiger partial charge in [-0.05, 0) is 37.5 Å². The Kier molecular flexibility index (Phi) is 4.27. The molecule has 6 heteroatoms. The van der Waals surface area contributed by atoms with E-state index in [0.29, 0.717) is 18.5 Å². The van der Waals surface area contributed by atoms with Crippen LogP contribution in [0.4, 0.5) is 13.2 Å². The molecule has 1 aromatic rings. The molecule has 0 aromatic heterocycles. The summed E-state index contributed by atoms with van der Waals surface area (Å²) < 4.78 is 37.4. The molecule has 1 atom stereocenters. The maximum absolute atomic E-state index is 12.5. The molecule has 1 aliphatic heterocycles. The van der Waals surface area contributed by atoms with Crippen LogP contribution in [0.1, 0.15) is 30.9 Å². The summed E-state index contributed by atoms with van der Waals surface area (Å²) >= 11 is 0. The second kappa shape index (κ2) is 5.67. The van der Waals surface area contributed by atoms with Gasteiger partial charge in [0.05, 0.1) is 17.6 Å². The Morgan fingerprint density at radius 3 is 2.48 bits per heavy atom. The number of benzene rings is 1. The van der Waals surface area contributed by atoms with Crippen LogP contribution in [-0.4, -0.2) is 34.6 Å². The molecule has 1 fully saturated rings. The number of rotatable bonds is 2. The molecule has 116 valence electrons. The fraction of sp³-hybridized carbons (Fsp3) is 0.533. The van der Waals surface area contributed by atoms with Crippen molar-refractivity contribution in [1.82, 2.24) is 4.90 Å². The quantitative estimate of drug-likeness (QED) is 0.912. The number of halogens is 3. The van der Waals surface area contributed by atoms with Gasteiger partial charge in [-0.3, -0.25) is 4.79 Å². The molecule has 1 amide bonds. The van der Waals surface area contributed by atoms with Crippen LogP contribution < -0.4 is 0 Å². The summed E-state index contributed by atoms with van der Waals surface area (Å²) in [6.07, 6.45) is -2.94. The predicted octanol–water partition coefficient (Wildman–Crippen LogP) is 2.62. The Morgan fingerprint density at radius 1 is 1.33 bits per heavy atom. The zero-order valence-electron chi connectivity index (χ0n) is 11.8. The first-order chi connectivity index (χ1) is 9.67. The normalized spacial score (nSPS) is 23.2. The molecule has 0 radical (unpaired) electrons. The molecular weight excluding hydrogens is 283 g/mol. The van der Waals surface area contributed by atoms with Crippen molar-refractivity contribution in [2.75, 3.05) is 13.1 Å². The van der Waals surface area contributed by atoms with Crippen molar-refractivity contribution in [1.29, 1.82) is 0 Å². The van der Waals surface area contributed by atoms with Gasteiger partial charge in [-0.15, -0.1) is 0 Å². The first kappa shape index (κ1) is 15.8. The average Bonchev–Trinajstić information content (AvgIpc) is 2.37. The molecule has 1 aromatic carbocycles. The van der Waals surface area contributed by atoms with E-state index in [-0.39, 0.29) is 18.9 Å². The Labute approximate surface area is 121 Å². The van der Waals surface area contributed by atoms with Crippen molar-refractivity contribution in [3.63, 3.8) is 0 Å². The lowest BCUT2D eigenvalue weighted by atomic mass is 9.94. The number of aliphatic hydroxyl groups is 1. The van der Waals surface area contributed by atoms with Crippen LogP contribution in [0.2, 0.25) is 0 Å². The molecule has 1 N–H and O–H groups in total. The summed E-state index contributed by atoms with van der Waals surface area (Å²) in [5, 5.41) is 9.97. The minimum absolute atomic E-state index is 0.0498. The fourth-order valence-electron chi connectivity index (χ4n) is 2.53. The van der Waals surface area contributed by atoms with Crippen molar-refractivity contribution >= 4 is 5.91 Å². The standard InChI is InChI=1S/C15H18F3NO2/c1-14(21)7-2-8-19(10-14)13(20)9-11-3-5-12(6-4-11)15(16,17)18/h3-6,21H,2,7-10H2,1H3. The van der Waals surface area contributed by atoms with Crippen LogP contribution in [0.25, 0.3) is 0 Å². The Bertz CT molecular complexity index is 509. The molecule has 0 aliphatic carbocycles. The summed E-state index contributed by atoms with van der Waals surface area (Å²) in [6.45, 7) is 2.53. The van der Waals surface area contributed by atoms with Crippen LogP contribution in [0, 0.1) is 0 Å². The van der Waals surface area contributed by atoms with Gasteiger partial charge >= 0.3 is 6.18 Å². The fourth-order valence-corrected chi connectivity index (χ4v) is 2.53. The first-order valence-corrected chi connectivity index (χ1v) is 6.84. The van der Waals surface area contributed by atoms with Gasteiger partial charge in [0.1, 0.15) is 0 Å². The van der Waals surface area contributed by atoms with E-state index >= 15 is 0 Å². The van der Waals surface area contributed by atoms with Gasteiger partial charge in [0.2, 0.25) is 5.91 Å². The lowest BCUT2D eigenvalue weighted by Crippen LogP contribution is -2.49. The molecule has 1 unspecified atom stereocenters. The summed E-state index contributed by atoms with van der Waals surface area (Å²) in [4.78, 5) is 13.7. The van der Waals surface area contributed by atoms with Crippen LogP contribution in [0.15, 0.2) is 24.3 Å². The smallest absolute Gasteiger partial charge is 0.388 e. The maximum Gasteiger partial charge on any atom is 0.416 e. The second-order valence-electron chi connectivity index (χ2n) is 5.79. The average molecular weight is 301 g/mol. The number of amides is 1. The number of hydrogen-bond donors (Lipinski definition) is 1. The van der Waals surface area contributed by atoms with Gasteiger partial charge in [0, 0.05) is 13.1 Å². The monoisotopic (exact) mass is 301 g/mol. The lowest BCUT2D eigenvalue weighted by molar-refractivity contribution is -0.137. The minimum Gasteiger partial charge on any atom is -0.388 e. The SMILES string of the molecule is CC1(O)CCCN(C(=O)Cc2ccc(C(F)(F)F)cc2)C1. The number of alkyl halides is 3. The number of nitrogens with zero attached hydrogens (tertiary/aromatic N) is 1. The highest BCUT2D eigenvalue weighted by Gasteiger charge is 2.32. The topological polar surface area (TPSA) is 40.5 Å². The summed E-state index contributed by atoms with van der Waals surface area (Å²) in [6, 6.07) is 4.61. The van der Waals surface area contributed by atoms with E-state index < -0.39 is 17.3 Å². The van der Waals surface area contributed by atoms with Crippen LogP contribution in [-0.2, 0) is 17.4 Å². The number of hydrogen-bond acceptors (Lipinski definition) is 2. The van der Waals surface area contributed by atoms with Gasteiger partial charge in [0.25, 0.3) is 0 Å². The molecule has 1 saturated heterocycles. The number of likely N-dealkylation sites (tertiary alicyclic amines) is 1. The summed E-state index contributed by atoms with van der Waals surface area (Å²) in [7, 11) is 0. The van der Waals surface area contributed by atoms with E-state index in [1.54, 1.807) is 11.8 Å². The van der Waals surface area contributed by atoms with Crippen LogP contribution >= 0.6 is 0 Å². The largest absolute Gasteiger partial charge is 0.416 e. The molecule has 0 bridgehead atoms. The van der Waals surface area contributed by atoms with E-state index in [9.17, 15) is 23.1 Å². The number of β-amino-alcohol motifs (C(OH)–C–C–N with tert-alkyl or cyclic N) is 1. The van der Waals surface area contributed by atoms with Crippen molar-refractivity contribution in [3.05, 3.63) is 35.4 Å². The van der Waals surface area contributed by atoms with E-state index in [4.69, 9.17) is 0 Å². The van der Waals surface area contributed by atoms with Gasteiger partial charge in [-0.2, -0.15) is 13.2 Å². The third-order valence-electron chi connectivity index (χ3n) is 3.66. The highest BCUT2D eigenvalue weighted by atomic mass is 19.4. The summed E-state index contributed by atoms with van der Waals surface area (Å²) in [5.74, 6) is -0.172. The highest BCUT2D eigenvalue weighted by molar-refractivity contribution is 5.79. The van der Waals surface area contributed by atoms with Crippen molar-refractivity contribution < 1.29 is 23.1 Å². The van der Waals surface area contributed by atoms with E-state index in [2.05, 4.69) is 0 Å². The third kappa shape index (κ3) is 4.20. The Balaban J connectivity index is 2.00. The molecule has 0 spiro atoms. The maximum atomic E-state index is 12.5. The van der Waals surface area contributed by atoms with Crippen LogP contribution in [0.5, 0.6) is 0 Å². The highest BCUT2D eigenvalue weighted by Crippen LogP contribution is 2.29. The Morgan fingerprint density at radius 2 is 1.95 bits per heavy atom. The number of carbonyl (C=O) groups excluding carboxylic acids is 1. The van der Waals surface area contributed by atoms with Crippen molar-refractivity contribution in [3.8, 4) is 0 Å². The zero-order valence-corrected chi connectivity index (χ0v) is 11.8. The molecule has 1 heterocycles. The molecule has 0 saturated carbocycles. The molecule has 2 rings (SSSR count). The van der Waals surface area contributed by atoms with E-state index in [1.165, 1.54) is 12.1 Å². The van der Waals surface area contributed by atoms with Crippen LogP contribution in [0.3, 0.4) is 0 Å². The zero-order chi connectivity index (χ0) is 15.7. The van der Waals surface area contributed by atoms with Gasteiger partial charge in [-0.25, -0.2) is 0 Å². The van der Waals surface area contributed by atoms with Gasteiger partial charge < -0.3 is 10.0 Å². The molecule has 3 nitrogen and oxygen atoms in total. The molecule has 1 aliphatic rings. The summed E-state index contributed by atoms with van der Waals surface area (Å²) in [5.41, 5.74) is -1.06. The second-order valence-corrected chi connectivity index (χ2v) is 5.79. The third-order valence-corrected chi connectivity index (χ3v) is 3.66. The van der Waals surface area contributed by atoms with E-state index in [0.717, 1.165) is 18.6 Å². The predicted molar refractivity (Wildman–Crippen MR) is 71.6 cm³/mol. The first-order valence-electron chi connectivity index (χ1n) is 6.84. The van der Waals surface area contributed by atoms with Gasteiger partial charge in [-0.1, -0.05) is 12.1 Å². The molecular formula is C15H18F3NO2. The van der Waals surface area contributed by atoms with Crippen molar-refractivity contribution in [2.45, 2.75) is 38.0 Å². The lowest BCUT2D eigenvalue weighted by Gasteiger charge is -2.36.